The standard InChI is InChI=1S/C13H10BrClFN/c14-12-3-1-2-11(13(12)16)10-5-4-9(15)6-8(10)7-17/h1-6H,7,17H2. The van der Waals surface area contributed by atoms with Crippen molar-refractivity contribution in [3.05, 3.63) is 57.3 Å². The molecule has 0 heterocycles. The van der Waals surface area contributed by atoms with E-state index in [9.17, 15) is 4.39 Å². The van der Waals surface area contributed by atoms with Gasteiger partial charge in [0.05, 0.1) is 4.47 Å². The van der Waals surface area contributed by atoms with Gasteiger partial charge in [0, 0.05) is 17.1 Å². The Balaban J connectivity index is 2.64. The molecule has 0 unspecified atom stereocenters. The van der Waals surface area contributed by atoms with Gasteiger partial charge in [-0.1, -0.05) is 29.8 Å². The van der Waals surface area contributed by atoms with Gasteiger partial charge in [0.1, 0.15) is 5.82 Å². The van der Waals surface area contributed by atoms with Crippen molar-refractivity contribution in [3.63, 3.8) is 0 Å². The van der Waals surface area contributed by atoms with Crippen LogP contribution in [0.15, 0.2) is 40.9 Å². The van der Waals surface area contributed by atoms with Gasteiger partial charge in [-0.15, -0.1) is 0 Å². The van der Waals surface area contributed by atoms with Crippen LogP contribution in [-0.2, 0) is 6.54 Å². The third-order valence-corrected chi connectivity index (χ3v) is 3.38. The molecule has 0 aliphatic rings. The van der Waals surface area contributed by atoms with E-state index in [0.29, 0.717) is 21.6 Å². The minimum Gasteiger partial charge on any atom is -0.326 e. The Labute approximate surface area is 113 Å². The van der Waals surface area contributed by atoms with Crippen molar-refractivity contribution in [1.82, 2.24) is 0 Å². The number of halogens is 3. The van der Waals surface area contributed by atoms with Crippen LogP contribution < -0.4 is 5.73 Å². The summed E-state index contributed by atoms with van der Waals surface area (Å²) in [6.07, 6.45) is 0. The summed E-state index contributed by atoms with van der Waals surface area (Å²) < 4.78 is 14.4. The molecular weight excluding hydrogens is 305 g/mol. The van der Waals surface area contributed by atoms with E-state index >= 15 is 0 Å². The van der Waals surface area contributed by atoms with E-state index in [2.05, 4.69) is 15.9 Å². The molecule has 2 N–H and O–H groups in total. The molecule has 88 valence electrons. The number of hydrogen-bond acceptors (Lipinski definition) is 1. The molecule has 0 aromatic heterocycles. The van der Waals surface area contributed by atoms with Crippen LogP contribution in [0.3, 0.4) is 0 Å². The zero-order valence-corrected chi connectivity index (χ0v) is 11.2. The fourth-order valence-electron chi connectivity index (χ4n) is 1.71. The predicted octanol–water partition coefficient (Wildman–Crippen LogP) is 4.37. The van der Waals surface area contributed by atoms with E-state index < -0.39 is 0 Å². The van der Waals surface area contributed by atoms with Crippen molar-refractivity contribution >= 4 is 27.5 Å². The second-order valence-electron chi connectivity index (χ2n) is 3.61. The Morgan fingerprint density at radius 2 is 1.94 bits per heavy atom. The lowest BCUT2D eigenvalue weighted by Gasteiger charge is -2.10. The van der Waals surface area contributed by atoms with Gasteiger partial charge in [0.15, 0.2) is 0 Å². The van der Waals surface area contributed by atoms with Crippen LogP contribution >= 0.6 is 27.5 Å². The van der Waals surface area contributed by atoms with Gasteiger partial charge in [0.2, 0.25) is 0 Å². The molecule has 0 aliphatic carbocycles. The topological polar surface area (TPSA) is 26.0 Å². The van der Waals surface area contributed by atoms with Crippen LogP contribution in [0.1, 0.15) is 5.56 Å². The quantitative estimate of drug-likeness (QED) is 0.875. The Hall–Kier alpha value is -0.900. The second kappa shape index (κ2) is 5.17. The summed E-state index contributed by atoms with van der Waals surface area (Å²) in [5.74, 6) is -0.287. The van der Waals surface area contributed by atoms with Crippen molar-refractivity contribution in [3.8, 4) is 11.1 Å². The molecule has 0 saturated carbocycles. The van der Waals surface area contributed by atoms with Crippen LogP contribution in [0.5, 0.6) is 0 Å². The summed E-state index contributed by atoms with van der Waals surface area (Å²) in [6, 6.07) is 10.5. The lowest BCUT2D eigenvalue weighted by molar-refractivity contribution is 0.624. The zero-order valence-electron chi connectivity index (χ0n) is 8.88. The fraction of sp³-hybridized carbons (Fsp3) is 0.0769. The Morgan fingerprint density at radius 1 is 1.18 bits per heavy atom. The SMILES string of the molecule is NCc1cc(Cl)ccc1-c1cccc(Br)c1F. The molecule has 1 nitrogen and oxygen atoms in total. The van der Waals surface area contributed by atoms with Gasteiger partial charge in [-0.2, -0.15) is 0 Å². The van der Waals surface area contributed by atoms with Crippen LogP contribution in [0.2, 0.25) is 5.02 Å². The number of hydrogen-bond donors (Lipinski definition) is 1. The summed E-state index contributed by atoms with van der Waals surface area (Å²) in [5, 5.41) is 0.601. The highest BCUT2D eigenvalue weighted by molar-refractivity contribution is 9.10. The van der Waals surface area contributed by atoms with Crippen LogP contribution in [-0.4, -0.2) is 0 Å². The van der Waals surface area contributed by atoms with E-state index in [1.807, 2.05) is 0 Å². The highest BCUT2D eigenvalue weighted by atomic mass is 79.9. The molecule has 0 aliphatic heterocycles. The molecule has 17 heavy (non-hydrogen) atoms. The normalized spacial score (nSPS) is 10.6. The Bertz CT molecular complexity index is 557. The first-order valence-electron chi connectivity index (χ1n) is 5.06. The molecule has 0 bridgehead atoms. The first kappa shape index (κ1) is 12.6. The molecule has 0 amide bonds. The first-order valence-corrected chi connectivity index (χ1v) is 6.23. The molecule has 0 saturated heterocycles. The smallest absolute Gasteiger partial charge is 0.145 e. The van der Waals surface area contributed by atoms with Gasteiger partial charge in [-0.3, -0.25) is 0 Å². The molecule has 2 rings (SSSR count). The van der Waals surface area contributed by atoms with Crippen molar-refractivity contribution in [1.29, 1.82) is 0 Å². The van der Waals surface area contributed by atoms with E-state index in [-0.39, 0.29) is 5.82 Å². The van der Waals surface area contributed by atoms with Crippen LogP contribution in [0.4, 0.5) is 4.39 Å². The molecule has 4 heteroatoms. The largest absolute Gasteiger partial charge is 0.326 e. The minimum absolute atomic E-state index is 0.287. The first-order chi connectivity index (χ1) is 8.13. The number of rotatable bonds is 2. The third-order valence-electron chi connectivity index (χ3n) is 2.53. The highest BCUT2D eigenvalue weighted by Gasteiger charge is 2.11. The lowest BCUT2D eigenvalue weighted by Crippen LogP contribution is -2.00. The average molecular weight is 315 g/mol. The fourth-order valence-corrected chi connectivity index (χ4v) is 2.27. The van der Waals surface area contributed by atoms with E-state index in [1.165, 1.54) is 0 Å². The maximum Gasteiger partial charge on any atom is 0.145 e. The summed E-state index contributed by atoms with van der Waals surface area (Å²) >= 11 is 9.07. The average Bonchev–Trinajstić information content (AvgIpc) is 2.33. The predicted molar refractivity (Wildman–Crippen MR) is 72.4 cm³/mol. The maximum absolute atomic E-state index is 14.0. The summed E-state index contributed by atoms with van der Waals surface area (Å²) in [6.45, 7) is 0.321. The molecule has 2 aromatic rings. The zero-order chi connectivity index (χ0) is 12.4. The van der Waals surface area contributed by atoms with Gasteiger partial charge in [-0.25, -0.2) is 4.39 Å². The Morgan fingerprint density at radius 3 is 2.65 bits per heavy atom. The molecular formula is C13H10BrClFN. The maximum atomic E-state index is 14.0. The van der Waals surface area contributed by atoms with Crippen LogP contribution in [0, 0.1) is 5.82 Å². The number of nitrogens with two attached hydrogens (primary N) is 1. The van der Waals surface area contributed by atoms with Crippen LogP contribution in [0.25, 0.3) is 11.1 Å². The molecule has 0 atom stereocenters. The Kier molecular flexibility index (Phi) is 3.82. The highest BCUT2D eigenvalue weighted by Crippen LogP contribution is 2.31. The van der Waals surface area contributed by atoms with Crippen molar-refractivity contribution in [2.45, 2.75) is 6.54 Å². The van der Waals surface area contributed by atoms with E-state index in [4.69, 9.17) is 17.3 Å². The summed E-state index contributed by atoms with van der Waals surface area (Å²) in [4.78, 5) is 0. The summed E-state index contributed by atoms with van der Waals surface area (Å²) in [7, 11) is 0. The van der Waals surface area contributed by atoms with Crippen molar-refractivity contribution in [2.75, 3.05) is 0 Å². The second-order valence-corrected chi connectivity index (χ2v) is 4.90. The molecule has 0 fully saturated rings. The van der Waals surface area contributed by atoms with Gasteiger partial charge < -0.3 is 5.73 Å². The molecule has 0 radical (unpaired) electrons. The van der Waals surface area contributed by atoms with E-state index in [0.717, 1.165) is 11.1 Å². The molecule has 2 aromatic carbocycles. The van der Waals surface area contributed by atoms with Crippen molar-refractivity contribution < 1.29 is 4.39 Å². The van der Waals surface area contributed by atoms with E-state index in [1.54, 1.807) is 36.4 Å². The van der Waals surface area contributed by atoms with Crippen molar-refractivity contribution in [2.24, 2.45) is 5.73 Å². The lowest BCUT2D eigenvalue weighted by atomic mass is 9.99. The molecule has 0 spiro atoms. The van der Waals surface area contributed by atoms with Gasteiger partial charge in [0.25, 0.3) is 0 Å². The van der Waals surface area contributed by atoms with Gasteiger partial charge >= 0.3 is 0 Å². The number of benzene rings is 2. The monoisotopic (exact) mass is 313 g/mol. The third kappa shape index (κ3) is 2.51. The minimum atomic E-state index is -0.287. The summed E-state index contributed by atoms with van der Waals surface area (Å²) in [5.41, 5.74) is 7.78. The van der Waals surface area contributed by atoms with Gasteiger partial charge in [-0.05, 0) is 45.3 Å².